The van der Waals surface area contributed by atoms with E-state index in [2.05, 4.69) is 20.6 Å². The highest BCUT2D eigenvalue weighted by Gasteiger charge is 2.40. The summed E-state index contributed by atoms with van der Waals surface area (Å²) in [6.07, 6.45) is 7.78. The Bertz CT molecular complexity index is 1340. The molecule has 1 unspecified atom stereocenters. The lowest BCUT2D eigenvalue weighted by atomic mass is 9.79. The number of benzene rings is 1. The Morgan fingerprint density at radius 2 is 1.90 bits per heavy atom. The third-order valence-electron chi connectivity index (χ3n) is 7.38. The standard InChI is InChI=1S/C28H30ClFN6O3/c29-20-4-6-25(33-15-20)35-27(39)36-16-21(37)14-24(36)26(38)34-23-13-19(3-5-22(23)30)28(31,10-7-17-1-2-17)18-8-11-32-12-9-18/h3-6,8-9,11-13,15,17,21,24,37H,1-2,7,10,14,16,31H2,(H,34,38)(H,33,35,39)/t21-,24-,28?/m1/s1. The summed E-state index contributed by atoms with van der Waals surface area (Å²) in [5.41, 5.74) is 7.53. The van der Waals surface area contributed by atoms with E-state index in [0.29, 0.717) is 22.9 Å². The van der Waals surface area contributed by atoms with Gasteiger partial charge in [0.15, 0.2) is 0 Å². The maximum Gasteiger partial charge on any atom is 0.323 e. The van der Waals surface area contributed by atoms with E-state index in [1.165, 1.54) is 36.1 Å². The van der Waals surface area contributed by atoms with Crippen LogP contribution in [-0.4, -0.2) is 50.6 Å². The first-order valence-electron chi connectivity index (χ1n) is 12.9. The molecule has 1 aromatic carbocycles. The summed E-state index contributed by atoms with van der Waals surface area (Å²) in [4.78, 5) is 35.5. The van der Waals surface area contributed by atoms with Crippen LogP contribution in [0.25, 0.3) is 0 Å². The van der Waals surface area contributed by atoms with Crippen molar-refractivity contribution in [2.45, 2.75) is 49.8 Å². The van der Waals surface area contributed by atoms with Gasteiger partial charge in [0.05, 0.1) is 22.4 Å². The molecular weight excluding hydrogens is 523 g/mol. The molecular formula is C28H30ClFN6O3. The van der Waals surface area contributed by atoms with Crippen molar-refractivity contribution in [1.29, 1.82) is 0 Å². The number of amides is 3. The summed E-state index contributed by atoms with van der Waals surface area (Å²) < 4.78 is 15.0. The summed E-state index contributed by atoms with van der Waals surface area (Å²) in [6.45, 7) is -0.0604. The number of nitrogens with two attached hydrogens (primary N) is 1. The van der Waals surface area contributed by atoms with Crippen LogP contribution in [0.5, 0.6) is 0 Å². The van der Waals surface area contributed by atoms with Crippen LogP contribution < -0.4 is 16.4 Å². The predicted octanol–water partition coefficient (Wildman–Crippen LogP) is 4.27. The van der Waals surface area contributed by atoms with E-state index in [0.717, 1.165) is 12.0 Å². The number of hydrogen-bond donors (Lipinski definition) is 4. The molecule has 3 aromatic rings. The number of likely N-dealkylation sites (tertiary alicyclic amines) is 1. The second-order valence-corrected chi connectivity index (χ2v) is 10.7. The van der Waals surface area contributed by atoms with Gasteiger partial charge in [0.25, 0.3) is 0 Å². The SMILES string of the molecule is NC(CCC1CC1)(c1ccncc1)c1ccc(F)c(NC(=O)[C@H]2C[C@@H](O)CN2C(=O)Nc2ccc(Cl)cn2)c1. The summed E-state index contributed by atoms with van der Waals surface area (Å²) in [5.74, 6) is -0.369. The monoisotopic (exact) mass is 552 g/mol. The molecule has 0 radical (unpaired) electrons. The van der Waals surface area contributed by atoms with E-state index in [9.17, 15) is 19.1 Å². The molecule has 5 N–H and O–H groups in total. The molecule has 3 atom stereocenters. The molecule has 3 amide bonds. The van der Waals surface area contributed by atoms with Gasteiger partial charge in [0.1, 0.15) is 17.7 Å². The van der Waals surface area contributed by atoms with Gasteiger partial charge in [-0.25, -0.2) is 14.2 Å². The van der Waals surface area contributed by atoms with Crippen molar-refractivity contribution in [2.75, 3.05) is 17.2 Å². The molecule has 2 aliphatic rings. The van der Waals surface area contributed by atoms with Gasteiger partial charge in [-0.15, -0.1) is 0 Å². The second kappa shape index (κ2) is 11.3. The molecule has 2 fully saturated rings. The Morgan fingerprint density at radius 1 is 1.13 bits per heavy atom. The summed E-state index contributed by atoms with van der Waals surface area (Å²) >= 11 is 5.84. The van der Waals surface area contributed by atoms with Crippen LogP contribution >= 0.6 is 11.6 Å². The number of hydrogen-bond acceptors (Lipinski definition) is 6. The molecule has 1 aliphatic carbocycles. The zero-order valence-corrected chi connectivity index (χ0v) is 21.9. The van der Waals surface area contributed by atoms with Gasteiger partial charge < -0.3 is 21.1 Å². The Labute approximate surface area is 230 Å². The molecule has 3 heterocycles. The van der Waals surface area contributed by atoms with Crippen LogP contribution in [0.4, 0.5) is 20.7 Å². The van der Waals surface area contributed by atoms with E-state index < -0.39 is 35.4 Å². The van der Waals surface area contributed by atoms with Gasteiger partial charge in [0.2, 0.25) is 5.91 Å². The van der Waals surface area contributed by atoms with Crippen molar-refractivity contribution in [3.63, 3.8) is 0 Å². The number of aromatic nitrogens is 2. The van der Waals surface area contributed by atoms with E-state index >= 15 is 0 Å². The minimum absolute atomic E-state index is 0.00778. The summed E-state index contributed by atoms with van der Waals surface area (Å²) in [7, 11) is 0. The minimum atomic E-state index is -1.02. The number of nitrogens with one attached hydrogen (secondary N) is 2. The van der Waals surface area contributed by atoms with E-state index in [-0.39, 0.29) is 24.5 Å². The maximum atomic E-state index is 15.0. The third-order valence-corrected chi connectivity index (χ3v) is 7.61. The fraction of sp³-hybridized carbons (Fsp3) is 0.357. The Kier molecular flexibility index (Phi) is 7.79. The van der Waals surface area contributed by atoms with Crippen LogP contribution in [0.1, 0.15) is 43.2 Å². The first-order chi connectivity index (χ1) is 18.7. The molecule has 1 aliphatic heterocycles. The van der Waals surface area contributed by atoms with Crippen molar-refractivity contribution < 1.29 is 19.1 Å². The fourth-order valence-electron chi connectivity index (χ4n) is 4.98. The number of anilines is 2. The maximum absolute atomic E-state index is 15.0. The van der Waals surface area contributed by atoms with Crippen LogP contribution in [0, 0.1) is 11.7 Å². The molecule has 39 heavy (non-hydrogen) atoms. The highest BCUT2D eigenvalue weighted by molar-refractivity contribution is 6.30. The largest absolute Gasteiger partial charge is 0.391 e. The van der Waals surface area contributed by atoms with E-state index in [1.54, 1.807) is 30.6 Å². The number of rotatable bonds is 8. The first kappa shape index (κ1) is 27.0. The van der Waals surface area contributed by atoms with Crippen LogP contribution in [-0.2, 0) is 10.3 Å². The quantitative estimate of drug-likeness (QED) is 0.330. The number of pyridine rings is 2. The van der Waals surface area contributed by atoms with Gasteiger partial charge in [-0.2, -0.15) is 0 Å². The van der Waals surface area contributed by atoms with Crippen LogP contribution in [0.15, 0.2) is 61.1 Å². The molecule has 1 saturated carbocycles. The topological polar surface area (TPSA) is 133 Å². The Hall–Kier alpha value is -3.60. The van der Waals surface area contributed by atoms with Crippen molar-refractivity contribution in [2.24, 2.45) is 11.7 Å². The minimum Gasteiger partial charge on any atom is -0.391 e. The number of β-amino-alcohol motifs (C(OH)–C–C–N with tert-alkyl or cyclic N) is 1. The molecule has 2 aromatic heterocycles. The van der Waals surface area contributed by atoms with E-state index in [1.807, 2.05) is 12.1 Å². The van der Waals surface area contributed by atoms with Crippen LogP contribution in [0.3, 0.4) is 0 Å². The number of halogens is 2. The third kappa shape index (κ3) is 6.19. The number of carbonyl (C=O) groups is 2. The van der Waals surface area contributed by atoms with Gasteiger partial charge in [-0.05, 0) is 66.3 Å². The Morgan fingerprint density at radius 3 is 2.59 bits per heavy atom. The average Bonchev–Trinajstić information content (AvgIpc) is 3.69. The second-order valence-electron chi connectivity index (χ2n) is 10.2. The number of urea groups is 1. The zero-order chi connectivity index (χ0) is 27.6. The average molecular weight is 553 g/mol. The van der Waals surface area contributed by atoms with Gasteiger partial charge in [-0.1, -0.05) is 30.5 Å². The van der Waals surface area contributed by atoms with Crippen molar-refractivity contribution in [3.05, 3.63) is 83.0 Å². The van der Waals surface area contributed by atoms with Gasteiger partial charge in [0, 0.05) is 31.6 Å². The Balaban J connectivity index is 1.36. The number of aliphatic hydroxyl groups is 1. The lowest BCUT2D eigenvalue weighted by Gasteiger charge is -2.31. The molecule has 0 bridgehead atoms. The highest BCUT2D eigenvalue weighted by Crippen LogP contribution is 2.40. The van der Waals surface area contributed by atoms with Gasteiger partial charge >= 0.3 is 6.03 Å². The summed E-state index contributed by atoms with van der Waals surface area (Å²) in [5, 5.41) is 15.9. The summed E-state index contributed by atoms with van der Waals surface area (Å²) in [6, 6.07) is 9.61. The van der Waals surface area contributed by atoms with Crippen molar-refractivity contribution in [3.8, 4) is 0 Å². The molecule has 1 saturated heterocycles. The molecule has 11 heteroatoms. The molecule has 0 spiro atoms. The van der Waals surface area contributed by atoms with Crippen molar-refractivity contribution in [1.82, 2.24) is 14.9 Å². The highest BCUT2D eigenvalue weighted by atomic mass is 35.5. The number of nitrogens with zero attached hydrogens (tertiary/aromatic N) is 3. The lowest BCUT2D eigenvalue weighted by Crippen LogP contribution is -2.45. The molecule has 5 rings (SSSR count). The number of carbonyl (C=O) groups excluding carboxylic acids is 2. The van der Waals surface area contributed by atoms with Crippen molar-refractivity contribution >= 4 is 35.0 Å². The molecule has 204 valence electrons. The molecule has 9 nitrogen and oxygen atoms in total. The van der Waals surface area contributed by atoms with Gasteiger partial charge in [-0.3, -0.25) is 15.1 Å². The predicted molar refractivity (Wildman–Crippen MR) is 146 cm³/mol. The smallest absolute Gasteiger partial charge is 0.323 e. The van der Waals surface area contributed by atoms with E-state index in [4.69, 9.17) is 17.3 Å². The number of aliphatic hydroxyl groups excluding tert-OH is 1. The normalized spacial score (nSPS) is 20.4. The van der Waals surface area contributed by atoms with Crippen LogP contribution in [0.2, 0.25) is 5.02 Å². The zero-order valence-electron chi connectivity index (χ0n) is 21.2. The lowest BCUT2D eigenvalue weighted by molar-refractivity contribution is -0.119. The fourth-order valence-corrected chi connectivity index (χ4v) is 5.09. The first-order valence-corrected chi connectivity index (χ1v) is 13.3.